The van der Waals surface area contributed by atoms with Crippen molar-refractivity contribution >= 4 is 5.91 Å². The molecule has 80 valence electrons. The third-order valence-electron chi connectivity index (χ3n) is 2.19. The number of hydrazine groups is 1. The Labute approximate surface area is 80.7 Å². The fraction of sp³-hybridized carbons (Fsp3) is 0.625. The van der Waals surface area contributed by atoms with Crippen molar-refractivity contribution in [2.75, 3.05) is 13.1 Å². The monoisotopic (exact) mass is 205 g/mol. The Bertz CT molecular complexity index is 245. The zero-order chi connectivity index (χ0) is 10.8. The number of likely N-dealkylation sites (tertiary alicyclic amines) is 1. The van der Waals surface area contributed by atoms with Crippen molar-refractivity contribution in [1.82, 2.24) is 10.3 Å². The molecule has 4 nitrogen and oxygen atoms in total. The van der Waals surface area contributed by atoms with Crippen molar-refractivity contribution in [2.45, 2.75) is 18.4 Å². The van der Waals surface area contributed by atoms with Crippen molar-refractivity contribution in [3.8, 4) is 0 Å². The molecule has 0 spiro atoms. The molecule has 0 aromatic heterocycles. The number of amides is 1. The minimum Gasteiger partial charge on any atom is -0.329 e. The molecule has 1 amide bonds. The number of nitrogens with one attached hydrogen (secondary N) is 1. The van der Waals surface area contributed by atoms with Crippen molar-refractivity contribution in [3.05, 3.63) is 12.7 Å². The van der Waals surface area contributed by atoms with Crippen LogP contribution in [0.5, 0.6) is 0 Å². The molecule has 1 atom stereocenters. The van der Waals surface area contributed by atoms with Crippen LogP contribution in [0.2, 0.25) is 0 Å². The highest BCUT2D eigenvalue weighted by Crippen LogP contribution is 2.31. The second-order valence-electron chi connectivity index (χ2n) is 3.29. The Morgan fingerprint density at radius 3 is 2.93 bits per heavy atom. The van der Waals surface area contributed by atoms with Gasteiger partial charge in [-0.1, -0.05) is 6.58 Å². The standard InChI is InChI=1S/C8H13F2N3O/c1-2-7(14)13-5-8(9,10)3-6(13)4-12-11/h2,6,12H,1,3-5,11H2/t6-/m0/s1. The average molecular weight is 205 g/mol. The van der Waals surface area contributed by atoms with Crippen LogP contribution in [0, 0.1) is 0 Å². The first-order chi connectivity index (χ1) is 6.50. The lowest BCUT2D eigenvalue weighted by atomic mass is 10.2. The summed E-state index contributed by atoms with van der Waals surface area (Å²) in [5.41, 5.74) is 2.29. The molecule has 1 aliphatic heterocycles. The lowest BCUT2D eigenvalue weighted by Gasteiger charge is -2.21. The first-order valence-corrected chi connectivity index (χ1v) is 4.24. The van der Waals surface area contributed by atoms with E-state index >= 15 is 0 Å². The number of hydrogen-bond acceptors (Lipinski definition) is 3. The van der Waals surface area contributed by atoms with Gasteiger partial charge in [0.2, 0.25) is 5.91 Å². The molecule has 0 aromatic carbocycles. The van der Waals surface area contributed by atoms with Gasteiger partial charge in [0, 0.05) is 13.0 Å². The molecular weight excluding hydrogens is 192 g/mol. The van der Waals surface area contributed by atoms with E-state index in [0.29, 0.717) is 0 Å². The average Bonchev–Trinajstić information content (AvgIpc) is 2.41. The van der Waals surface area contributed by atoms with Gasteiger partial charge in [-0.25, -0.2) is 8.78 Å². The number of rotatable bonds is 3. The lowest BCUT2D eigenvalue weighted by molar-refractivity contribution is -0.127. The summed E-state index contributed by atoms with van der Waals surface area (Å²) in [7, 11) is 0. The predicted molar refractivity (Wildman–Crippen MR) is 47.5 cm³/mol. The molecule has 0 aromatic rings. The summed E-state index contributed by atoms with van der Waals surface area (Å²) in [5.74, 6) is 1.74. The van der Waals surface area contributed by atoms with Crippen LogP contribution in [0.1, 0.15) is 6.42 Å². The Morgan fingerprint density at radius 1 is 1.79 bits per heavy atom. The van der Waals surface area contributed by atoms with E-state index in [4.69, 9.17) is 5.84 Å². The number of nitrogens with zero attached hydrogens (tertiary/aromatic N) is 1. The first kappa shape index (κ1) is 11.1. The smallest absolute Gasteiger partial charge is 0.267 e. The van der Waals surface area contributed by atoms with Gasteiger partial charge in [-0.3, -0.25) is 16.1 Å². The van der Waals surface area contributed by atoms with E-state index < -0.39 is 24.4 Å². The second kappa shape index (κ2) is 4.02. The highest BCUT2D eigenvalue weighted by Gasteiger charge is 2.45. The third kappa shape index (κ3) is 2.27. The predicted octanol–water partition coefficient (Wildman–Crippen LogP) is -0.128. The van der Waals surface area contributed by atoms with E-state index in [1.807, 2.05) is 0 Å². The number of nitrogens with two attached hydrogens (primary N) is 1. The van der Waals surface area contributed by atoms with Gasteiger partial charge < -0.3 is 4.90 Å². The lowest BCUT2D eigenvalue weighted by Crippen LogP contribution is -2.42. The Morgan fingerprint density at radius 2 is 2.43 bits per heavy atom. The fourth-order valence-electron chi connectivity index (χ4n) is 1.59. The van der Waals surface area contributed by atoms with Gasteiger partial charge in [0.05, 0.1) is 12.6 Å². The maximum Gasteiger partial charge on any atom is 0.267 e. The van der Waals surface area contributed by atoms with Gasteiger partial charge in [0.25, 0.3) is 5.92 Å². The maximum atomic E-state index is 13.0. The SMILES string of the molecule is C=CC(=O)N1CC(F)(F)C[C@H]1CNN. The van der Waals surface area contributed by atoms with E-state index in [1.165, 1.54) is 0 Å². The minimum atomic E-state index is -2.82. The van der Waals surface area contributed by atoms with Crippen molar-refractivity contribution in [2.24, 2.45) is 5.84 Å². The van der Waals surface area contributed by atoms with Crippen LogP contribution in [0.3, 0.4) is 0 Å². The maximum absolute atomic E-state index is 13.0. The number of hydrogen-bond donors (Lipinski definition) is 2. The fourth-order valence-corrected chi connectivity index (χ4v) is 1.59. The van der Waals surface area contributed by atoms with Crippen molar-refractivity contribution < 1.29 is 13.6 Å². The summed E-state index contributed by atoms with van der Waals surface area (Å²) in [6, 6.07) is -0.555. The topological polar surface area (TPSA) is 58.4 Å². The quantitative estimate of drug-likeness (QED) is 0.383. The van der Waals surface area contributed by atoms with Crippen LogP contribution in [-0.4, -0.2) is 35.9 Å². The van der Waals surface area contributed by atoms with E-state index in [2.05, 4.69) is 12.0 Å². The van der Waals surface area contributed by atoms with E-state index in [0.717, 1.165) is 11.0 Å². The zero-order valence-electron chi connectivity index (χ0n) is 7.67. The van der Waals surface area contributed by atoms with Crippen LogP contribution in [0.25, 0.3) is 0 Å². The van der Waals surface area contributed by atoms with Gasteiger partial charge in [-0.2, -0.15) is 0 Å². The molecule has 0 bridgehead atoms. The molecule has 1 aliphatic rings. The van der Waals surface area contributed by atoms with Crippen molar-refractivity contribution in [1.29, 1.82) is 0 Å². The third-order valence-corrected chi connectivity index (χ3v) is 2.19. The molecule has 14 heavy (non-hydrogen) atoms. The summed E-state index contributed by atoms with van der Waals surface area (Å²) in [6.07, 6.45) is 0.682. The number of halogens is 2. The van der Waals surface area contributed by atoms with E-state index in [-0.39, 0.29) is 13.0 Å². The number of alkyl halides is 2. The van der Waals surface area contributed by atoms with Crippen molar-refractivity contribution in [3.63, 3.8) is 0 Å². The van der Waals surface area contributed by atoms with Gasteiger partial charge in [0.15, 0.2) is 0 Å². The summed E-state index contributed by atoms with van der Waals surface area (Å²) < 4.78 is 25.9. The van der Waals surface area contributed by atoms with Gasteiger partial charge >= 0.3 is 0 Å². The normalized spacial score (nSPS) is 25.1. The number of carbonyl (C=O) groups excluding carboxylic acids is 1. The van der Waals surface area contributed by atoms with Crippen LogP contribution < -0.4 is 11.3 Å². The highest BCUT2D eigenvalue weighted by molar-refractivity contribution is 5.87. The first-order valence-electron chi connectivity index (χ1n) is 4.24. The summed E-state index contributed by atoms with van der Waals surface area (Å²) >= 11 is 0. The van der Waals surface area contributed by atoms with Gasteiger partial charge in [-0.05, 0) is 6.08 Å². The van der Waals surface area contributed by atoms with Crippen LogP contribution in [0.4, 0.5) is 8.78 Å². The highest BCUT2D eigenvalue weighted by atomic mass is 19.3. The largest absolute Gasteiger partial charge is 0.329 e. The summed E-state index contributed by atoms with van der Waals surface area (Å²) in [4.78, 5) is 12.3. The van der Waals surface area contributed by atoms with Crippen LogP contribution in [-0.2, 0) is 4.79 Å². The Balaban J connectivity index is 2.71. The molecule has 0 radical (unpaired) electrons. The molecule has 0 aliphatic carbocycles. The number of carbonyl (C=O) groups is 1. The molecule has 3 N–H and O–H groups in total. The summed E-state index contributed by atoms with van der Waals surface area (Å²) in [5, 5.41) is 0. The van der Waals surface area contributed by atoms with Gasteiger partial charge in [0.1, 0.15) is 0 Å². The van der Waals surface area contributed by atoms with E-state index in [9.17, 15) is 13.6 Å². The minimum absolute atomic E-state index is 0.162. The molecule has 1 heterocycles. The molecule has 0 saturated carbocycles. The molecule has 0 unspecified atom stereocenters. The summed E-state index contributed by atoms with van der Waals surface area (Å²) in [6.45, 7) is 2.87. The molecule has 1 saturated heterocycles. The van der Waals surface area contributed by atoms with Crippen LogP contribution in [0.15, 0.2) is 12.7 Å². The Kier molecular flexibility index (Phi) is 3.17. The Hall–Kier alpha value is -1.01. The molecule has 1 rings (SSSR count). The molecule has 1 fully saturated rings. The molecular formula is C8H13F2N3O. The second-order valence-corrected chi connectivity index (χ2v) is 3.29. The van der Waals surface area contributed by atoms with E-state index in [1.54, 1.807) is 0 Å². The zero-order valence-corrected chi connectivity index (χ0v) is 7.67. The molecule has 6 heteroatoms. The van der Waals surface area contributed by atoms with Crippen LogP contribution >= 0.6 is 0 Å². The van der Waals surface area contributed by atoms with Gasteiger partial charge in [-0.15, -0.1) is 0 Å².